The van der Waals surface area contributed by atoms with Crippen molar-refractivity contribution >= 4 is 6.08 Å². The first-order valence-electron chi connectivity index (χ1n) is 5.28. The Balaban J connectivity index is 0. The minimum atomic E-state index is 0. The van der Waals surface area contributed by atoms with E-state index in [1.54, 1.807) is 12.3 Å². The summed E-state index contributed by atoms with van der Waals surface area (Å²) >= 11 is 0. The van der Waals surface area contributed by atoms with Crippen LogP contribution in [-0.2, 0) is 0 Å². The first kappa shape index (κ1) is 13.7. The van der Waals surface area contributed by atoms with Crippen molar-refractivity contribution in [2.24, 2.45) is 5.73 Å². The lowest BCUT2D eigenvalue weighted by molar-refractivity contribution is 0.312. The summed E-state index contributed by atoms with van der Waals surface area (Å²) in [5, 5.41) is 0. The molecular formula is C12H22N2O. The van der Waals surface area contributed by atoms with E-state index in [0.29, 0.717) is 13.2 Å². The molecule has 15 heavy (non-hydrogen) atoms. The van der Waals surface area contributed by atoms with E-state index in [-0.39, 0.29) is 1.43 Å². The van der Waals surface area contributed by atoms with Gasteiger partial charge in [0.2, 0.25) is 0 Å². The van der Waals surface area contributed by atoms with Crippen LogP contribution in [0.2, 0.25) is 0 Å². The van der Waals surface area contributed by atoms with Gasteiger partial charge in [0, 0.05) is 1.43 Å². The van der Waals surface area contributed by atoms with Crippen LogP contribution in [0.15, 0.2) is 24.9 Å². The van der Waals surface area contributed by atoms with E-state index in [4.69, 9.17) is 10.5 Å². The summed E-state index contributed by atoms with van der Waals surface area (Å²) in [7, 11) is 0. The van der Waals surface area contributed by atoms with Crippen LogP contribution in [0.5, 0.6) is 5.75 Å². The quantitative estimate of drug-likeness (QED) is 0.760. The van der Waals surface area contributed by atoms with E-state index in [2.05, 4.69) is 11.6 Å². The lowest BCUT2D eigenvalue weighted by Crippen LogP contribution is -2.06. The molecule has 0 spiro atoms. The van der Waals surface area contributed by atoms with Gasteiger partial charge in [-0.25, -0.2) is 0 Å². The number of aromatic nitrogens is 1. The Bertz CT molecular complexity index is 262. The van der Waals surface area contributed by atoms with Crippen LogP contribution < -0.4 is 10.5 Å². The van der Waals surface area contributed by atoms with E-state index < -0.39 is 0 Å². The van der Waals surface area contributed by atoms with Gasteiger partial charge >= 0.3 is 0 Å². The normalized spacial score (nSPS) is 8.73. The van der Waals surface area contributed by atoms with Gasteiger partial charge in [0.1, 0.15) is 5.75 Å². The lowest BCUT2D eigenvalue weighted by Gasteiger charge is -2.03. The molecule has 0 aliphatic carbocycles. The second-order valence-corrected chi connectivity index (χ2v) is 2.61. The minimum Gasteiger partial charge on any atom is -0.492 e. The summed E-state index contributed by atoms with van der Waals surface area (Å²) in [6, 6.07) is 3.74. The number of nitrogens with zero attached hydrogens (tertiary/aromatic N) is 1. The summed E-state index contributed by atoms with van der Waals surface area (Å²) in [5.74, 6) is 0.777. The van der Waals surface area contributed by atoms with Gasteiger partial charge in [0.25, 0.3) is 0 Å². The lowest BCUT2D eigenvalue weighted by atomic mass is 10.3. The summed E-state index contributed by atoms with van der Waals surface area (Å²) in [4.78, 5) is 4.10. The van der Waals surface area contributed by atoms with Gasteiger partial charge in [-0.05, 0) is 31.2 Å². The van der Waals surface area contributed by atoms with Crippen LogP contribution in [0.25, 0.3) is 6.08 Å². The highest BCUT2D eigenvalue weighted by Gasteiger charge is 1.93. The smallest absolute Gasteiger partial charge is 0.137 e. The molecular weight excluding hydrogens is 188 g/mol. The molecule has 0 fully saturated rings. The van der Waals surface area contributed by atoms with Crippen LogP contribution in [0.1, 0.15) is 27.4 Å². The average Bonchev–Trinajstić information content (AvgIpc) is 2.33. The highest BCUT2D eigenvalue weighted by atomic mass is 16.5. The molecule has 0 atom stereocenters. The molecule has 0 aliphatic rings. The van der Waals surface area contributed by atoms with Crippen LogP contribution >= 0.6 is 0 Å². The van der Waals surface area contributed by atoms with E-state index in [1.807, 2.05) is 26.0 Å². The van der Waals surface area contributed by atoms with Crippen molar-refractivity contribution in [3.63, 3.8) is 0 Å². The molecule has 3 heteroatoms. The van der Waals surface area contributed by atoms with Crippen LogP contribution in [-0.4, -0.2) is 18.1 Å². The van der Waals surface area contributed by atoms with Crippen LogP contribution in [0.4, 0.5) is 0 Å². The van der Waals surface area contributed by atoms with E-state index in [0.717, 1.165) is 17.9 Å². The first-order valence-corrected chi connectivity index (χ1v) is 5.28. The fourth-order valence-corrected chi connectivity index (χ4v) is 0.871. The van der Waals surface area contributed by atoms with Crippen LogP contribution in [0, 0.1) is 0 Å². The maximum absolute atomic E-state index is 5.37. The third-order valence-electron chi connectivity index (χ3n) is 1.59. The molecule has 1 aromatic heterocycles. The highest BCUT2D eigenvalue weighted by Crippen LogP contribution is 2.09. The summed E-state index contributed by atoms with van der Waals surface area (Å²) in [6.07, 6.45) is 4.25. The van der Waals surface area contributed by atoms with Crippen molar-refractivity contribution in [3.05, 3.63) is 30.6 Å². The van der Waals surface area contributed by atoms with Crippen molar-refractivity contribution < 1.29 is 6.16 Å². The molecule has 0 radical (unpaired) electrons. The Morgan fingerprint density at radius 3 is 2.73 bits per heavy atom. The van der Waals surface area contributed by atoms with Crippen molar-refractivity contribution in [3.8, 4) is 5.75 Å². The first-order chi connectivity index (χ1) is 7.36. The van der Waals surface area contributed by atoms with Gasteiger partial charge in [-0.2, -0.15) is 0 Å². The SMILES string of the molecule is C=Cc1ccc(OCCCN)cn1.CC.[HH]. The van der Waals surface area contributed by atoms with Crippen molar-refractivity contribution in [2.45, 2.75) is 20.3 Å². The van der Waals surface area contributed by atoms with Crippen molar-refractivity contribution in [1.29, 1.82) is 0 Å². The van der Waals surface area contributed by atoms with Crippen LogP contribution in [0.3, 0.4) is 0 Å². The van der Waals surface area contributed by atoms with Gasteiger partial charge < -0.3 is 10.5 Å². The molecule has 1 aromatic rings. The highest BCUT2D eigenvalue weighted by molar-refractivity contribution is 5.42. The van der Waals surface area contributed by atoms with E-state index in [1.165, 1.54) is 0 Å². The maximum atomic E-state index is 5.37. The summed E-state index contributed by atoms with van der Waals surface area (Å²) in [6.45, 7) is 8.91. The fourth-order valence-electron chi connectivity index (χ4n) is 0.871. The fraction of sp³-hybridized carbons (Fsp3) is 0.417. The molecule has 0 saturated carbocycles. The molecule has 1 rings (SSSR count). The average molecular weight is 210 g/mol. The molecule has 0 aromatic carbocycles. The molecule has 3 nitrogen and oxygen atoms in total. The number of pyridine rings is 1. The molecule has 0 bridgehead atoms. The van der Waals surface area contributed by atoms with Gasteiger partial charge in [-0.15, -0.1) is 0 Å². The number of hydrogen-bond donors (Lipinski definition) is 1. The summed E-state index contributed by atoms with van der Waals surface area (Å²) in [5.41, 5.74) is 6.18. The largest absolute Gasteiger partial charge is 0.492 e. The second kappa shape index (κ2) is 9.21. The second-order valence-electron chi connectivity index (χ2n) is 2.61. The third-order valence-corrected chi connectivity index (χ3v) is 1.59. The van der Waals surface area contributed by atoms with Gasteiger partial charge in [-0.3, -0.25) is 4.98 Å². The number of hydrogen-bond acceptors (Lipinski definition) is 3. The number of ether oxygens (including phenoxy) is 1. The Morgan fingerprint density at radius 1 is 1.53 bits per heavy atom. The van der Waals surface area contributed by atoms with Gasteiger partial charge in [0.05, 0.1) is 18.5 Å². The number of rotatable bonds is 5. The zero-order valence-corrected chi connectivity index (χ0v) is 9.57. The van der Waals surface area contributed by atoms with Crippen molar-refractivity contribution in [1.82, 2.24) is 4.98 Å². The topological polar surface area (TPSA) is 48.1 Å². The van der Waals surface area contributed by atoms with Gasteiger partial charge in [-0.1, -0.05) is 20.4 Å². The Hall–Kier alpha value is -1.35. The molecule has 86 valence electrons. The van der Waals surface area contributed by atoms with E-state index in [9.17, 15) is 0 Å². The molecule has 2 N–H and O–H groups in total. The number of nitrogens with two attached hydrogens (primary N) is 1. The maximum Gasteiger partial charge on any atom is 0.137 e. The predicted molar refractivity (Wildman–Crippen MR) is 67.0 cm³/mol. The monoisotopic (exact) mass is 210 g/mol. The zero-order valence-electron chi connectivity index (χ0n) is 9.57. The van der Waals surface area contributed by atoms with Crippen molar-refractivity contribution in [2.75, 3.05) is 13.2 Å². The standard InChI is InChI=1S/C10H14N2O.C2H6.H2/c1-2-9-4-5-10(8-12-9)13-7-3-6-11;1-2;/h2,4-5,8H,1,3,6-7,11H2;1-2H3;1H. The zero-order chi connectivity index (χ0) is 11.5. The Kier molecular flexibility index (Phi) is 8.39. The minimum absolute atomic E-state index is 0. The summed E-state index contributed by atoms with van der Waals surface area (Å²) < 4.78 is 5.37. The molecule has 0 unspecified atom stereocenters. The molecule has 0 saturated heterocycles. The Morgan fingerprint density at radius 2 is 2.27 bits per heavy atom. The third kappa shape index (κ3) is 5.86. The predicted octanol–water partition coefficient (Wildman–Crippen LogP) is 2.72. The molecule has 0 amide bonds. The molecule has 0 aliphatic heterocycles. The Labute approximate surface area is 93.5 Å². The van der Waals surface area contributed by atoms with Gasteiger partial charge in [0.15, 0.2) is 0 Å². The van der Waals surface area contributed by atoms with E-state index >= 15 is 0 Å². The molecule has 1 heterocycles.